The number of aliphatic hydroxyl groups excluding tert-OH is 1. The smallest absolute Gasteiger partial charge is 0.305 e. The van der Waals surface area contributed by atoms with E-state index in [0.29, 0.717) is 0 Å². The average molecular weight is 204 g/mol. The predicted octanol–water partition coefficient (Wildman–Crippen LogP) is 1.42. The van der Waals surface area contributed by atoms with Crippen LogP contribution in [0.4, 0.5) is 8.78 Å². The molecule has 0 heterocycles. The Balaban J connectivity index is 0.000000255. The molecule has 5 heteroatoms. The first kappa shape index (κ1) is 12.5. The normalized spacial score (nSPS) is 8.79. The van der Waals surface area contributed by atoms with Gasteiger partial charge < -0.3 is 10.2 Å². The molecule has 2 N–H and O–H groups in total. The Morgan fingerprint density at radius 3 is 1.79 bits per heavy atom. The summed E-state index contributed by atoms with van der Waals surface area (Å²) in [6, 6.07) is 5.04. The van der Waals surface area contributed by atoms with E-state index >= 15 is 0 Å². The molecule has 0 radical (unpaired) electrons. The SMILES string of the molecule is Fc1ccccc1F.O=C(O)CCO. The minimum atomic E-state index is -0.961. The maximum absolute atomic E-state index is 11.9. The van der Waals surface area contributed by atoms with Gasteiger partial charge >= 0.3 is 5.97 Å². The van der Waals surface area contributed by atoms with Crippen molar-refractivity contribution in [3.05, 3.63) is 35.9 Å². The first-order chi connectivity index (χ1) is 6.57. The van der Waals surface area contributed by atoms with Gasteiger partial charge in [-0.05, 0) is 12.1 Å². The van der Waals surface area contributed by atoms with Gasteiger partial charge in [0.15, 0.2) is 11.6 Å². The van der Waals surface area contributed by atoms with Crippen LogP contribution < -0.4 is 0 Å². The van der Waals surface area contributed by atoms with Crippen LogP contribution in [0.5, 0.6) is 0 Å². The van der Waals surface area contributed by atoms with Crippen LogP contribution in [0.2, 0.25) is 0 Å². The van der Waals surface area contributed by atoms with Gasteiger partial charge in [-0.2, -0.15) is 0 Å². The third-order valence-corrected chi connectivity index (χ3v) is 1.15. The molecule has 0 amide bonds. The van der Waals surface area contributed by atoms with Crippen LogP contribution in [-0.2, 0) is 4.79 Å². The van der Waals surface area contributed by atoms with Gasteiger partial charge in [-0.25, -0.2) is 8.78 Å². The van der Waals surface area contributed by atoms with Gasteiger partial charge in [-0.1, -0.05) is 12.1 Å². The van der Waals surface area contributed by atoms with Crippen molar-refractivity contribution in [1.29, 1.82) is 0 Å². The van der Waals surface area contributed by atoms with E-state index in [-0.39, 0.29) is 13.0 Å². The van der Waals surface area contributed by atoms with Crippen molar-refractivity contribution in [2.24, 2.45) is 0 Å². The highest BCUT2D eigenvalue weighted by atomic mass is 19.2. The van der Waals surface area contributed by atoms with Crippen molar-refractivity contribution in [2.75, 3.05) is 6.61 Å². The second-order valence-corrected chi connectivity index (χ2v) is 2.28. The molecule has 0 spiro atoms. The summed E-state index contributed by atoms with van der Waals surface area (Å²) in [5.74, 6) is -2.56. The van der Waals surface area contributed by atoms with Crippen molar-refractivity contribution in [2.45, 2.75) is 6.42 Å². The van der Waals surface area contributed by atoms with E-state index in [1.54, 1.807) is 0 Å². The number of benzene rings is 1. The number of hydrogen-bond donors (Lipinski definition) is 2. The lowest BCUT2D eigenvalue weighted by atomic mass is 10.3. The maximum Gasteiger partial charge on any atom is 0.305 e. The van der Waals surface area contributed by atoms with Crippen molar-refractivity contribution in [3.63, 3.8) is 0 Å². The number of carboxylic acids is 1. The molecule has 0 atom stereocenters. The van der Waals surface area contributed by atoms with E-state index in [0.717, 1.165) is 12.1 Å². The van der Waals surface area contributed by atoms with E-state index in [1.165, 1.54) is 12.1 Å². The zero-order valence-corrected chi connectivity index (χ0v) is 7.28. The van der Waals surface area contributed by atoms with Crippen molar-refractivity contribution >= 4 is 5.97 Å². The Morgan fingerprint density at radius 2 is 1.64 bits per heavy atom. The van der Waals surface area contributed by atoms with Gasteiger partial charge in [0.1, 0.15) is 0 Å². The summed E-state index contributed by atoms with van der Waals surface area (Å²) >= 11 is 0. The minimum absolute atomic E-state index is 0.153. The molecule has 0 aliphatic heterocycles. The molecule has 3 nitrogen and oxygen atoms in total. The quantitative estimate of drug-likeness (QED) is 0.765. The van der Waals surface area contributed by atoms with Crippen molar-refractivity contribution in [1.82, 2.24) is 0 Å². The second kappa shape index (κ2) is 6.97. The van der Waals surface area contributed by atoms with Gasteiger partial charge in [0.05, 0.1) is 13.0 Å². The zero-order chi connectivity index (χ0) is 11.0. The molecule has 1 rings (SSSR count). The third-order valence-electron chi connectivity index (χ3n) is 1.15. The topological polar surface area (TPSA) is 57.5 Å². The van der Waals surface area contributed by atoms with Crippen molar-refractivity contribution < 1.29 is 23.8 Å². The summed E-state index contributed by atoms with van der Waals surface area (Å²) in [6.07, 6.45) is -0.153. The Hall–Kier alpha value is -1.49. The molecule has 0 bridgehead atoms. The van der Waals surface area contributed by atoms with Crippen LogP contribution in [-0.4, -0.2) is 22.8 Å². The highest BCUT2D eigenvalue weighted by Gasteiger charge is 1.93. The van der Waals surface area contributed by atoms with E-state index in [2.05, 4.69) is 0 Å². The summed E-state index contributed by atoms with van der Waals surface area (Å²) in [4.78, 5) is 9.44. The van der Waals surface area contributed by atoms with Gasteiger partial charge in [0.25, 0.3) is 0 Å². The highest BCUT2D eigenvalue weighted by Crippen LogP contribution is 2.01. The van der Waals surface area contributed by atoms with E-state index < -0.39 is 17.6 Å². The largest absolute Gasteiger partial charge is 0.481 e. The number of carbonyl (C=O) groups is 1. The summed E-state index contributed by atoms with van der Waals surface area (Å²) in [5.41, 5.74) is 0. The molecule has 1 aromatic rings. The summed E-state index contributed by atoms with van der Waals surface area (Å²) in [5, 5.41) is 15.6. The van der Waals surface area contributed by atoms with Crippen LogP contribution in [0.3, 0.4) is 0 Å². The molecule has 0 aliphatic carbocycles. The lowest BCUT2D eigenvalue weighted by Crippen LogP contribution is -1.96. The zero-order valence-electron chi connectivity index (χ0n) is 7.28. The molecular weight excluding hydrogens is 194 g/mol. The van der Waals surface area contributed by atoms with Gasteiger partial charge in [0, 0.05) is 0 Å². The average Bonchev–Trinajstić information content (AvgIpc) is 2.11. The molecule has 0 aliphatic rings. The van der Waals surface area contributed by atoms with Gasteiger partial charge in [0.2, 0.25) is 0 Å². The fourth-order valence-electron chi connectivity index (χ4n) is 0.535. The molecule has 0 saturated heterocycles. The molecule has 0 unspecified atom stereocenters. The molecule has 0 aromatic heterocycles. The monoisotopic (exact) mass is 204 g/mol. The van der Waals surface area contributed by atoms with Crippen LogP contribution in [0.1, 0.15) is 6.42 Å². The molecule has 0 fully saturated rings. The molecule has 78 valence electrons. The highest BCUT2D eigenvalue weighted by molar-refractivity contribution is 5.66. The third kappa shape index (κ3) is 6.07. The number of halogens is 2. The van der Waals surface area contributed by atoms with Gasteiger partial charge in [-0.3, -0.25) is 4.79 Å². The molecule has 0 saturated carbocycles. The first-order valence-electron chi connectivity index (χ1n) is 3.80. The standard InChI is InChI=1S/C6H4F2.C3H6O3/c7-5-3-1-2-4-6(5)8;4-2-1-3(5)6/h1-4H;4H,1-2H2,(H,5,6). The van der Waals surface area contributed by atoms with Crippen LogP contribution in [0.15, 0.2) is 24.3 Å². The number of carboxylic acid groups (broad SMARTS) is 1. The Bertz CT molecular complexity index is 268. The Kier molecular flexibility index (Phi) is 6.22. The molecule has 1 aromatic carbocycles. The van der Waals surface area contributed by atoms with E-state index in [4.69, 9.17) is 10.2 Å². The maximum atomic E-state index is 11.9. The first-order valence-corrected chi connectivity index (χ1v) is 3.80. The summed E-state index contributed by atoms with van der Waals surface area (Å²) < 4.78 is 23.9. The predicted molar refractivity (Wildman–Crippen MR) is 45.7 cm³/mol. The number of hydrogen-bond acceptors (Lipinski definition) is 2. The lowest BCUT2D eigenvalue weighted by molar-refractivity contribution is -0.137. The number of aliphatic hydroxyl groups is 1. The minimum Gasteiger partial charge on any atom is -0.481 e. The summed E-state index contributed by atoms with van der Waals surface area (Å²) in [6.45, 7) is -0.269. The second-order valence-electron chi connectivity index (χ2n) is 2.28. The van der Waals surface area contributed by atoms with Gasteiger partial charge in [-0.15, -0.1) is 0 Å². The Labute approximate surface area is 79.6 Å². The summed E-state index contributed by atoms with van der Waals surface area (Å²) in [7, 11) is 0. The van der Waals surface area contributed by atoms with E-state index in [1.807, 2.05) is 0 Å². The number of aliphatic carboxylic acids is 1. The number of rotatable bonds is 2. The van der Waals surface area contributed by atoms with E-state index in [9.17, 15) is 13.6 Å². The van der Waals surface area contributed by atoms with Crippen molar-refractivity contribution in [3.8, 4) is 0 Å². The van der Waals surface area contributed by atoms with Crippen LogP contribution >= 0.6 is 0 Å². The molecular formula is C9H10F2O3. The fourth-order valence-corrected chi connectivity index (χ4v) is 0.535. The van der Waals surface area contributed by atoms with Crippen LogP contribution in [0.25, 0.3) is 0 Å². The Morgan fingerprint density at radius 1 is 1.21 bits per heavy atom. The lowest BCUT2D eigenvalue weighted by Gasteiger charge is -1.85. The molecule has 14 heavy (non-hydrogen) atoms. The fraction of sp³-hybridized carbons (Fsp3) is 0.222. The van der Waals surface area contributed by atoms with Crippen LogP contribution in [0, 0.1) is 11.6 Å².